The summed E-state index contributed by atoms with van der Waals surface area (Å²) in [5, 5.41) is 3.07. The molecule has 2 aromatic rings. The molecule has 100 valence electrons. The highest BCUT2D eigenvalue weighted by molar-refractivity contribution is 5.31. The molecule has 0 atom stereocenters. The van der Waals surface area contributed by atoms with Gasteiger partial charge >= 0.3 is 0 Å². The number of nitrogens with one attached hydrogen (secondary N) is 1. The number of nitrogens with zero attached hydrogens (tertiary/aromatic N) is 2. The summed E-state index contributed by atoms with van der Waals surface area (Å²) in [4.78, 5) is 8.41. The first-order valence-corrected chi connectivity index (χ1v) is 6.06. The van der Waals surface area contributed by atoms with Crippen molar-refractivity contribution >= 4 is 5.95 Å². The molecule has 0 unspecified atom stereocenters. The van der Waals surface area contributed by atoms with Crippen LogP contribution in [0.25, 0.3) is 0 Å². The highest BCUT2D eigenvalue weighted by Crippen LogP contribution is 2.12. The van der Waals surface area contributed by atoms with E-state index in [9.17, 15) is 4.39 Å². The second-order valence-electron chi connectivity index (χ2n) is 4.14. The van der Waals surface area contributed by atoms with E-state index in [0.29, 0.717) is 30.4 Å². The van der Waals surface area contributed by atoms with Crippen molar-refractivity contribution in [3.8, 4) is 5.88 Å². The van der Waals surface area contributed by atoms with Gasteiger partial charge in [-0.05, 0) is 25.0 Å². The van der Waals surface area contributed by atoms with Gasteiger partial charge in [-0.1, -0.05) is 18.2 Å². The van der Waals surface area contributed by atoms with E-state index >= 15 is 0 Å². The molecule has 19 heavy (non-hydrogen) atoms. The summed E-state index contributed by atoms with van der Waals surface area (Å²) < 4.78 is 18.5. The Hall–Kier alpha value is -2.17. The van der Waals surface area contributed by atoms with Crippen LogP contribution in [0.5, 0.6) is 5.88 Å². The first kappa shape index (κ1) is 13.3. The van der Waals surface area contributed by atoms with Crippen molar-refractivity contribution in [3.63, 3.8) is 0 Å². The Labute approximate surface area is 111 Å². The normalized spacial score (nSPS) is 10.3. The zero-order valence-electron chi connectivity index (χ0n) is 11.0. The second kappa shape index (κ2) is 6.13. The van der Waals surface area contributed by atoms with Crippen LogP contribution in [0.2, 0.25) is 0 Å². The number of hydrogen-bond donors (Lipinski definition) is 1. The third kappa shape index (κ3) is 3.64. The average molecular weight is 261 g/mol. The summed E-state index contributed by atoms with van der Waals surface area (Å²) >= 11 is 0. The van der Waals surface area contributed by atoms with Gasteiger partial charge in [0, 0.05) is 18.3 Å². The monoisotopic (exact) mass is 261 g/mol. The largest absolute Gasteiger partial charge is 0.481 e. The molecule has 1 aromatic heterocycles. The summed E-state index contributed by atoms with van der Waals surface area (Å²) in [6, 6.07) is 8.49. The van der Waals surface area contributed by atoms with Crippen LogP contribution in [-0.4, -0.2) is 23.6 Å². The number of aromatic nitrogens is 2. The van der Waals surface area contributed by atoms with Gasteiger partial charge in [0.15, 0.2) is 0 Å². The van der Waals surface area contributed by atoms with Crippen LogP contribution in [0.1, 0.15) is 11.3 Å². The van der Waals surface area contributed by atoms with Gasteiger partial charge in [0.2, 0.25) is 11.8 Å². The van der Waals surface area contributed by atoms with Gasteiger partial charge in [-0.15, -0.1) is 0 Å². The quantitative estimate of drug-likeness (QED) is 0.898. The minimum Gasteiger partial charge on any atom is -0.481 e. The van der Waals surface area contributed by atoms with E-state index in [4.69, 9.17) is 4.74 Å². The van der Waals surface area contributed by atoms with Gasteiger partial charge in [-0.25, -0.2) is 9.37 Å². The topological polar surface area (TPSA) is 47.0 Å². The van der Waals surface area contributed by atoms with Crippen LogP contribution in [0.4, 0.5) is 10.3 Å². The van der Waals surface area contributed by atoms with E-state index in [-0.39, 0.29) is 5.82 Å². The van der Waals surface area contributed by atoms with E-state index in [1.54, 1.807) is 25.3 Å². The van der Waals surface area contributed by atoms with Gasteiger partial charge in [-0.2, -0.15) is 4.98 Å². The maximum absolute atomic E-state index is 13.4. The van der Waals surface area contributed by atoms with Crippen molar-refractivity contribution in [2.45, 2.75) is 13.3 Å². The summed E-state index contributed by atoms with van der Waals surface area (Å²) in [6.45, 7) is 2.43. The lowest BCUT2D eigenvalue weighted by Gasteiger charge is -2.08. The van der Waals surface area contributed by atoms with Crippen molar-refractivity contribution in [2.75, 3.05) is 19.0 Å². The standard InChI is InChI=1S/C14H16FN3O/c1-10-9-13(19-2)18-14(17-10)16-8-7-11-5-3-4-6-12(11)15/h3-6,9H,7-8H2,1-2H3,(H,16,17,18). The maximum atomic E-state index is 13.4. The number of rotatable bonds is 5. The van der Waals surface area contributed by atoms with Crippen LogP contribution in [0.3, 0.4) is 0 Å². The minimum absolute atomic E-state index is 0.188. The van der Waals surface area contributed by atoms with E-state index < -0.39 is 0 Å². The molecule has 5 heteroatoms. The molecule has 0 aliphatic rings. The van der Waals surface area contributed by atoms with Gasteiger partial charge in [0.05, 0.1) is 7.11 Å². The van der Waals surface area contributed by atoms with Gasteiger partial charge in [0.1, 0.15) is 5.82 Å². The van der Waals surface area contributed by atoms with E-state index in [1.807, 2.05) is 13.0 Å². The number of halogens is 1. The number of ether oxygens (including phenoxy) is 1. The highest BCUT2D eigenvalue weighted by Gasteiger charge is 2.03. The van der Waals surface area contributed by atoms with Crippen molar-refractivity contribution < 1.29 is 9.13 Å². The van der Waals surface area contributed by atoms with Crippen molar-refractivity contribution in [1.82, 2.24) is 9.97 Å². The predicted octanol–water partition coefficient (Wildman–Crippen LogP) is 2.59. The first-order chi connectivity index (χ1) is 9.19. The molecular formula is C14H16FN3O. The van der Waals surface area contributed by atoms with Crippen molar-refractivity contribution in [1.29, 1.82) is 0 Å². The highest BCUT2D eigenvalue weighted by atomic mass is 19.1. The van der Waals surface area contributed by atoms with Gasteiger partial charge in [-0.3, -0.25) is 0 Å². The molecule has 0 amide bonds. The Morgan fingerprint density at radius 1 is 1.26 bits per heavy atom. The molecule has 0 aliphatic heterocycles. The SMILES string of the molecule is COc1cc(C)nc(NCCc2ccccc2F)n1. The molecule has 0 fully saturated rings. The van der Waals surface area contributed by atoms with Crippen LogP contribution < -0.4 is 10.1 Å². The molecular weight excluding hydrogens is 245 g/mol. The molecule has 1 N–H and O–H groups in total. The average Bonchev–Trinajstić information content (AvgIpc) is 2.40. The number of benzene rings is 1. The summed E-state index contributed by atoms with van der Waals surface area (Å²) in [5.41, 5.74) is 1.50. The zero-order valence-corrected chi connectivity index (χ0v) is 11.0. The van der Waals surface area contributed by atoms with Crippen molar-refractivity contribution in [3.05, 3.63) is 47.4 Å². The smallest absolute Gasteiger partial charge is 0.226 e. The molecule has 4 nitrogen and oxygen atoms in total. The lowest BCUT2D eigenvalue weighted by Crippen LogP contribution is -2.09. The molecule has 1 aromatic carbocycles. The third-order valence-corrected chi connectivity index (χ3v) is 2.68. The Morgan fingerprint density at radius 3 is 2.79 bits per heavy atom. The van der Waals surface area contributed by atoms with Gasteiger partial charge in [0.25, 0.3) is 0 Å². The Morgan fingerprint density at radius 2 is 2.05 bits per heavy atom. The first-order valence-electron chi connectivity index (χ1n) is 6.06. The molecule has 0 radical (unpaired) electrons. The Kier molecular flexibility index (Phi) is 4.28. The number of anilines is 1. The second-order valence-corrected chi connectivity index (χ2v) is 4.14. The third-order valence-electron chi connectivity index (χ3n) is 2.68. The maximum Gasteiger partial charge on any atom is 0.226 e. The van der Waals surface area contributed by atoms with Gasteiger partial charge < -0.3 is 10.1 Å². The lowest BCUT2D eigenvalue weighted by molar-refractivity contribution is 0.397. The van der Waals surface area contributed by atoms with E-state index in [1.165, 1.54) is 6.07 Å². The summed E-state index contributed by atoms with van der Waals surface area (Å²) in [7, 11) is 1.56. The summed E-state index contributed by atoms with van der Waals surface area (Å²) in [5.74, 6) is 0.820. The molecule has 0 saturated heterocycles. The molecule has 0 aliphatic carbocycles. The fourth-order valence-corrected chi connectivity index (χ4v) is 1.73. The number of methoxy groups -OCH3 is 1. The van der Waals surface area contributed by atoms with Crippen LogP contribution in [0.15, 0.2) is 30.3 Å². The van der Waals surface area contributed by atoms with Crippen LogP contribution >= 0.6 is 0 Å². The van der Waals surface area contributed by atoms with Crippen LogP contribution in [-0.2, 0) is 6.42 Å². The Bertz CT molecular complexity index is 560. The zero-order chi connectivity index (χ0) is 13.7. The van der Waals surface area contributed by atoms with Crippen LogP contribution in [0, 0.1) is 12.7 Å². The van der Waals surface area contributed by atoms with E-state index in [0.717, 1.165) is 5.69 Å². The van der Waals surface area contributed by atoms with Crippen molar-refractivity contribution in [2.24, 2.45) is 0 Å². The fraction of sp³-hybridized carbons (Fsp3) is 0.286. The molecule has 2 rings (SSSR count). The molecule has 0 saturated carbocycles. The lowest BCUT2D eigenvalue weighted by atomic mass is 10.1. The molecule has 1 heterocycles. The summed E-state index contributed by atoms with van der Waals surface area (Å²) in [6.07, 6.45) is 0.576. The molecule has 0 spiro atoms. The Balaban J connectivity index is 1.96. The minimum atomic E-state index is -0.188. The predicted molar refractivity (Wildman–Crippen MR) is 71.9 cm³/mol. The fourth-order valence-electron chi connectivity index (χ4n) is 1.73. The number of hydrogen-bond acceptors (Lipinski definition) is 4. The molecule has 0 bridgehead atoms. The van der Waals surface area contributed by atoms with E-state index in [2.05, 4.69) is 15.3 Å². The number of aryl methyl sites for hydroxylation is 1.